The van der Waals surface area contributed by atoms with Crippen LogP contribution in [0.4, 0.5) is 0 Å². The van der Waals surface area contributed by atoms with Gasteiger partial charge in [-0.2, -0.15) is 0 Å². The highest BCUT2D eigenvalue weighted by molar-refractivity contribution is 8.32. The van der Waals surface area contributed by atoms with E-state index in [0.717, 1.165) is 7.36 Å². The molecule has 1 aromatic carbocycles. The topological polar surface area (TPSA) is 0 Å². The first-order valence-corrected chi connectivity index (χ1v) is 5.72. The maximum Gasteiger partial charge on any atom is 0.0127 e. The predicted octanol–water partition coefficient (Wildman–Crippen LogP) is 1.72. The Balaban J connectivity index is 2.97. The molecule has 0 aromatic heterocycles. The van der Waals surface area contributed by atoms with E-state index in [4.69, 9.17) is 11.2 Å². The number of benzene rings is 1. The smallest absolute Gasteiger partial charge is 0.0127 e. The van der Waals surface area contributed by atoms with Crippen molar-refractivity contribution >= 4 is 33.3 Å². The lowest BCUT2D eigenvalue weighted by molar-refractivity contribution is 1.78. The monoisotopic (exact) mass is 172 g/mol. The maximum absolute atomic E-state index is 4.74. The second-order valence-electron chi connectivity index (χ2n) is 1.50. The highest BCUT2D eigenvalue weighted by atomic mass is 32.9. The van der Waals surface area contributed by atoms with Crippen molar-refractivity contribution in [3.63, 3.8) is 0 Å². The van der Waals surface area contributed by atoms with Crippen LogP contribution < -0.4 is 5.30 Å². The van der Waals surface area contributed by atoms with Crippen molar-refractivity contribution < 1.29 is 0 Å². The minimum atomic E-state index is 1.16. The number of hydrogen-bond donors (Lipinski definition) is 0. The Morgan fingerprint density at radius 3 is 2.44 bits per heavy atom. The van der Waals surface area contributed by atoms with Gasteiger partial charge in [-0.25, -0.2) is 0 Å². The Hall–Kier alpha value is -0.0400. The average Bonchev–Trinajstić information content (AvgIpc) is 1.91. The van der Waals surface area contributed by atoms with Crippen LogP contribution in [0.2, 0.25) is 0 Å². The molecule has 9 heavy (non-hydrogen) atoms. The molecular formula is C6H5PS2. The molecule has 0 radical (unpaired) electrons. The largest absolute Gasteiger partial charge is 0.0622 e. The lowest BCUT2D eigenvalue weighted by Gasteiger charge is -1.83. The minimum absolute atomic E-state index is 1.16. The van der Waals surface area contributed by atoms with E-state index in [0.29, 0.717) is 0 Å². The molecule has 0 unspecified atom stereocenters. The minimum Gasteiger partial charge on any atom is -0.0622 e. The van der Waals surface area contributed by atoms with Crippen LogP contribution in [0.1, 0.15) is 0 Å². The van der Waals surface area contributed by atoms with Gasteiger partial charge in [0.2, 0.25) is 0 Å². The molecule has 0 N–H and O–H groups in total. The van der Waals surface area contributed by atoms with E-state index in [-0.39, 0.29) is 0 Å². The summed E-state index contributed by atoms with van der Waals surface area (Å²) in [5.74, 6) is 0. The van der Waals surface area contributed by atoms with Crippen molar-refractivity contribution in [2.45, 2.75) is 0 Å². The third-order valence-electron chi connectivity index (χ3n) is 0.899. The molecule has 0 bridgehead atoms. The van der Waals surface area contributed by atoms with Crippen LogP contribution in [0.25, 0.3) is 0 Å². The molecule has 0 spiro atoms. The lowest BCUT2D eigenvalue weighted by Crippen LogP contribution is -1.85. The van der Waals surface area contributed by atoms with E-state index in [1.807, 2.05) is 18.2 Å². The molecule has 1 aromatic rings. The van der Waals surface area contributed by atoms with Crippen molar-refractivity contribution in [2.75, 3.05) is 0 Å². The highest BCUT2D eigenvalue weighted by Crippen LogP contribution is 1.94. The Labute approximate surface area is 64.0 Å². The second kappa shape index (κ2) is 3.89. The molecule has 0 nitrogen and oxygen atoms in total. The van der Waals surface area contributed by atoms with Gasteiger partial charge in [0.25, 0.3) is 0 Å². The summed E-state index contributed by atoms with van der Waals surface area (Å²) in [6, 6.07) is 10.2. The van der Waals surface area contributed by atoms with E-state index in [9.17, 15) is 0 Å². The number of rotatable bonds is 1. The summed E-state index contributed by atoms with van der Waals surface area (Å²) >= 11 is 4.74. The zero-order chi connectivity index (χ0) is 6.53. The van der Waals surface area contributed by atoms with Crippen LogP contribution in [0.15, 0.2) is 30.3 Å². The highest BCUT2D eigenvalue weighted by Gasteiger charge is 1.79. The fourth-order valence-electron chi connectivity index (χ4n) is 0.532. The van der Waals surface area contributed by atoms with Crippen LogP contribution in [0.5, 0.6) is 0 Å². The third-order valence-corrected chi connectivity index (χ3v) is 3.01. The normalized spacial score (nSPS) is 9.33. The van der Waals surface area contributed by atoms with E-state index in [1.54, 1.807) is 0 Å². The summed E-state index contributed by atoms with van der Waals surface area (Å²) in [7, 11) is 2.57. The van der Waals surface area contributed by atoms with Gasteiger partial charge < -0.3 is 0 Å². The fraction of sp³-hybridized carbons (Fsp3) is 0. The lowest BCUT2D eigenvalue weighted by atomic mass is 10.4. The zero-order valence-corrected chi connectivity index (χ0v) is 7.18. The van der Waals surface area contributed by atoms with Gasteiger partial charge in [-0.1, -0.05) is 18.2 Å². The van der Waals surface area contributed by atoms with Gasteiger partial charge >= 0.3 is 0 Å². The van der Waals surface area contributed by atoms with Gasteiger partial charge in [-0.05, 0) is 32.8 Å². The molecule has 0 fully saturated rings. The molecular weight excluding hydrogens is 167 g/mol. The second-order valence-corrected chi connectivity index (χ2v) is 4.69. The van der Waals surface area contributed by atoms with Gasteiger partial charge in [0, 0.05) is 12.7 Å². The van der Waals surface area contributed by atoms with Gasteiger partial charge in [0.1, 0.15) is 0 Å². The van der Waals surface area contributed by atoms with Crippen molar-refractivity contribution in [3.8, 4) is 0 Å². The van der Waals surface area contributed by atoms with Crippen molar-refractivity contribution in [1.29, 1.82) is 0 Å². The van der Waals surface area contributed by atoms with Gasteiger partial charge in [-0.15, -0.1) is 0 Å². The fourth-order valence-corrected chi connectivity index (χ4v) is 2.31. The Bertz CT molecular complexity index is 226. The molecule has 0 atom stereocenters. The van der Waals surface area contributed by atoms with Crippen LogP contribution in [0.3, 0.4) is 0 Å². The van der Waals surface area contributed by atoms with E-state index in [2.05, 4.69) is 12.1 Å². The SMILES string of the molecule is S=S=Pc1ccccc1. The molecule has 0 aliphatic rings. The Morgan fingerprint density at radius 2 is 1.89 bits per heavy atom. The average molecular weight is 172 g/mol. The summed E-state index contributed by atoms with van der Waals surface area (Å²) < 4.78 is 0. The molecule has 0 aliphatic carbocycles. The molecule has 1 rings (SSSR count). The van der Waals surface area contributed by atoms with Crippen molar-refractivity contribution in [1.82, 2.24) is 0 Å². The van der Waals surface area contributed by atoms with Gasteiger partial charge in [0.15, 0.2) is 0 Å². The third kappa shape index (κ3) is 2.35. The molecule has 0 saturated heterocycles. The molecule has 3 heteroatoms. The Morgan fingerprint density at radius 1 is 1.22 bits per heavy atom. The summed E-state index contributed by atoms with van der Waals surface area (Å²) in [5.41, 5.74) is 0. The molecule has 0 heterocycles. The number of hydrogen-bond acceptors (Lipinski definition) is 1. The molecule has 0 saturated carbocycles. The predicted molar refractivity (Wildman–Crippen MR) is 47.7 cm³/mol. The van der Waals surface area contributed by atoms with E-state index >= 15 is 0 Å². The molecule has 0 amide bonds. The summed E-state index contributed by atoms with van der Waals surface area (Å²) in [6.45, 7) is 0. The standard InChI is InChI=1S/C6H5PS2/c8-9-7-6-4-2-1-3-5-6/h1-5H. The van der Waals surface area contributed by atoms with Crippen LogP contribution in [-0.2, 0) is 20.7 Å². The maximum atomic E-state index is 4.74. The Kier molecular flexibility index (Phi) is 3.05. The van der Waals surface area contributed by atoms with Gasteiger partial charge in [0.05, 0.1) is 0 Å². The first kappa shape index (κ1) is 7.07. The first-order valence-electron chi connectivity index (χ1n) is 2.48. The summed E-state index contributed by atoms with van der Waals surface area (Å²) in [5, 5.41) is 1.28. The van der Waals surface area contributed by atoms with Crippen LogP contribution >= 0.6 is 7.36 Å². The van der Waals surface area contributed by atoms with Crippen molar-refractivity contribution in [2.24, 2.45) is 0 Å². The molecule has 46 valence electrons. The summed E-state index contributed by atoms with van der Waals surface area (Å²) in [4.78, 5) is 0. The first-order chi connectivity index (χ1) is 4.43. The summed E-state index contributed by atoms with van der Waals surface area (Å²) in [6.07, 6.45) is 0. The zero-order valence-electron chi connectivity index (χ0n) is 4.65. The molecule has 0 aliphatic heterocycles. The quantitative estimate of drug-likeness (QED) is 0.581. The van der Waals surface area contributed by atoms with Crippen molar-refractivity contribution in [3.05, 3.63) is 30.3 Å². The van der Waals surface area contributed by atoms with Crippen LogP contribution in [0, 0.1) is 0 Å². The van der Waals surface area contributed by atoms with E-state index in [1.165, 1.54) is 14.8 Å². The van der Waals surface area contributed by atoms with E-state index < -0.39 is 0 Å². The van der Waals surface area contributed by atoms with Gasteiger partial charge in [-0.3, -0.25) is 0 Å². The van der Waals surface area contributed by atoms with Crippen LogP contribution in [-0.4, -0.2) is 0 Å².